The number of aryl methyl sites for hydroxylation is 1. The standard InChI is InChI=1S/C17H27NO/c1-3-15(4-2)18-12-13-19-17-11-7-9-14-8-5-6-10-16(14)17/h5-6,8,10,15,17-18H,3-4,7,9,11-13H2,1-2H3. The van der Waals surface area contributed by atoms with Crippen molar-refractivity contribution in [3.05, 3.63) is 35.4 Å². The van der Waals surface area contributed by atoms with Crippen LogP contribution >= 0.6 is 0 Å². The van der Waals surface area contributed by atoms with Crippen LogP contribution in [0.5, 0.6) is 0 Å². The molecule has 1 aromatic rings. The van der Waals surface area contributed by atoms with Crippen LogP contribution in [0.2, 0.25) is 0 Å². The van der Waals surface area contributed by atoms with Crippen molar-refractivity contribution in [3.8, 4) is 0 Å². The molecule has 0 aliphatic heterocycles. The third-order valence-corrected chi connectivity index (χ3v) is 4.15. The van der Waals surface area contributed by atoms with Crippen LogP contribution in [0.3, 0.4) is 0 Å². The Morgan fingerprint density at radius 3 is 2.84 bits per heavy atom. The summed E-state index contributed by atoms with van der Waals surface area (Å²) >= 11 is 0. The molecule has 1 aliphatic carbocycles. The Morgan fingerprint density at radius 2 is 2.05 bits per heavy atom. The summed E-state index contributed by atoms with van der Waals surface area (Å²) in [6, 6.07) is 9.38. The SMILES string of the molecule is CCC(CC)NCCOC1CCCc2ccccc21. The lowest BCUT2D eigenvalue weighted by Crippen LogP contribution is -2.31. The zero-order valence-electron chi connectivity index (χ0n) is 12.3. The fraction of sp³-hybridized carbons (Fsp3) is 0.647. The molecule has 19 heavy (non-hydrogen) atoms. The van der Waals surface area contributed by atoms with Crippen LogP contribution in [0.15, 0.2) is 24.3 Å². The van der Waals surface area contributed by atoms with Gasteiger partial charge in [-0.3, -0.25) is 0 Å². The number of benzene rings is 1. The highest BCUT2D eigenvalue weighted by Gasteiger charge is 2.19. The zero-order valence-corrected chi connectivity index (χ0v) is 12.3. The summed E-state index contributed by atoms with van der Waals surface area (Å²) in [5, 5.41) is 3.56. The molecular formula is C17H27NO. The minimum absolute atomic E-state index is 0.313. The zero-order chi connectivity index (χ0) is 13.5. The average molecular weight is 261 g/mol. The summed E-state index contributed by atoms with van der Waals surface area (Å²) < 4.78 is 6.09. The van der Waals surface area contributed by atoms with Gasteiger partial charge in [-0.1, -0.05) is 38.1 Å². The van der Waals surface area contributed by atoms with Gasteiger partial charge in [0.25, 0.3) is 0 Å². The molecule has 0 saturated heterocycles. The number of ether oxygens (including phenoxy) is 1. The predicted octanol–water partition coefficient (Wildman–Crippen LogP) is 3.86. The Kier molecular flexibility index (Phi) is 5.87. The minimum atomic E-state index is 0.313. The smallest absolute Gasteiger partial charge is 0.0828 e. The molecule has 1 atom stereocenters. The van der Waals surface area contributed by atoms with Crippen molar-refractivity contribution in [2.45, 2.75) is 58.1 Å². The summed E-state index contributed by atoms with van der Waals surface area (Å²) in [5.41, 5.74) is 2.89. The first-order valence-electron chi connectivity index (χ1n) is 7.78. The van der Waals surface area contributed by atoms with Gasteiger partial charge < -0.3 is 10.1 Å². The van der Waals surface area contributed by atoms with E-state index in [1.165, 1.54) is 43.2 Å². The molecule has 0 amide bonds. The molecule has 2 heteroatoms. The second kappa shape index (κ2) is 7.66. The minimum Gasteiger partial charge on any atom is -0.372 e. The first-order chi connectivity index (χ1) is 9.35. The van der Waals surface area contributed by atoms with E-state index in [4.69, 9.17) is 4.74 Å². The highest BCUT2D eigenvalue weighted by Crippen LogP contribution is 2.31. The van der Waals surface area contributed by atoms with Gasteiger partial charge in [-0.15, -0.1) is 0 Å². The van der Waals surface area contributed by atoms with Crippen LogP contribution in [-0.2, 0) is 11.2 Å². The maximum atomic E-state index is 6.09. The van der Waals surface area contributed by atoms with Crippen molar-refractivity contribution in [1.82, 2.24) is 5.32 Å². The van der Waals surface area contributed by atoms with Gasteiger partial charge in [0.2, 0.25) is 0 Å². The van der Waals surface area contributed by atoms with Crippen LogP contribution in [0, 0.1) is 0 Å². The normalized spacial score (nSPS) is 18.6. The Morgan fingerprint density at radius 1 is 1.26 bits per heavy atom. The second-order valence-electron chi connectivity index (χ2n) is 5.42. The van der Waals surface area contributed by atoms with Crippen LogP contribution < -0.4 is 5.32 Å². The Labute approximate surface area is 117 Å². The van der Waals surface area contributed by atoms with Gasteiger partial charge in [-0.25, -0.2) is 0 Å². The van der Waals surface area contributed by atoms with E-state index < -0.39 is 0 Å². The van der Waals surface area contributed by atoms with Crippen LogP contribution in [0.1, 0.15) is 56.8 Å². The van der Waals surface area contributed by atoms with Gasteiger partial charge >= 0.3 is 0 Å². The van der Waals surface area contributed by atoms with E-state index >= 15 is 0 Å². The molecule has 0 saturated carbocycles. The summed E-state index contributed by atoms with van der Waals surface area (Å²) in [6.07, 6.45) is 6.34. The van der Waals surface area contributed by atoms with Crippen LogP contribution in [-0.4, -0.2) is 19.2 Å². The van der Waals surface area contributed by atoms with Crippen molar-refractivity contribution < 1.29 is 4.74 Å². The Balaban J connectivity index is 1.78. The fourth-order valence-electron chi connectivity index (χ4n) is 2.92. The van der Waals surface area contributed by atoms with Crippen molar-refractivity contribution >= 4 is 0 Å². The monoisotopic (exact) mass is 261 g/mol. The first kappa shape index (κ1) is 14.5. The number of hydrogen-bond acceptors (Lipinski definition) is 2. The molecule has 1 N–H and O–H groups in total. The Bertz CT molecular complexity index is 373. The third-order valence-electron chi connectivity index (χ3n) is 4.15. The van der Waals surface area contributed by atoms with Gasteiger partial charge in [0.15, 0.2) is 0 Å². The topological polar surface area (TPSA) is 21.3 Å². The molecule has 106 valence electrons. The molecule has 2 rings (SSSR count). The van der Waals surface area contributed by atoms with E-state index in [9.17, 15) is 0 Å². The van der Waals surface area contributed by atoms with E-state index in [2.05, 4.69) is 43.4 Å². The molecule has 1 aromatic carbocycles. The molecule has 0 spiro atoms. The summed E-state index contributed by atoms with van der Waals surface area (Å²) in [5.74, 6) is 0. The summed E-state index contributed by atoms with van der Waals surface area (Å²) in [7, 11) is 0. The highest BCUT2D eigenvalue weighted by molar-refractivity contribution is 5.31. The molecule has 2 nitrogen and oxygen atoms in total. The molecule has 1 unspecified atom stereocenters. The lowest BCUT2D eigenvalue weighted by molar-refractivity contribution is 0.0415. The van der Waals surface area contributed by atoms with Crippen LogP contribution in [0.4, 0.5) is 0 Å². The number of hydrogen-bond donors (Lipinski definition) is 1. The van der Waals surface area contributed by atoms with Gasteiger partial charge in [0.1, 0.15) is 0 Å². The third kappa shape index (κ3) is 4.05. The van der Waals surface area contributed by atoms with Gasteiger partial charge in [0, 0.05) is 12.6 Å². The van der Waals surface area contributed by atoms with Gasteiger partial charge in [0.05, 0.1) is 12.7 Å². The molecular weight excluding hydrogens is 234 g/mol. The van der Waals surface area contributed by atoms with Crippen molar-refractivity contribution in [1.29, 1.82) is 0 Å². The van der Waals surface area contributed by atoms with Gasteiger partial charge in [-0.05, 0) is 43.2 Å². The second-order valence-corrected chi connectivity index (χ2v) is 5.42. The van der Waals surface area contributed by atoms with E-state index in [1.54, 1.807) is 0 Å². The van der Waals surface area contributed by atoms with E-state index in [0.29, 0.717) is 12.1 Å². The lowest BCUT2D eigenvalue weighted by Gasteiger charge is -2.26. The highest BCUT2D eigenvalue weighted by atomic mass is 16.5. The Hall–Kier alpha value is -0.860. The average Bonchev–Trinajstić information content (AvgIpc) is 2.47. The maximum Gasteiger partial charge on any atom is 0.0828 e. The van der Waals surface area contributed by atoms with E-state index in [-0.39, 0.29) is 0 Å². The lowest BCUT2D eigenvalue weighted by atomic mass is 9.89. The number of rotatable bonds is 7. The first-order valence-corrected chi connectivity index (χ1v) is 7.78. The van der Waals surface area contributed by atoms with Crippen LogP contribution in [0.25, 0.3) is 0 Å². The van der Waals surface area contributed by atoms with Gasteiger partial charge in [-0.2, -0.15) is 0 Å². The fourth-order valence-corrected chi connectivity index (χ4v) is 2.92. The maximum absolute atomic E-state index is 6.09. The van der Waals surface area contributed by atoms with Crippen molar-refractivity contribution in [2.75, 3.05) is 13.2 Å². The molecule has 0 heterocycles. The summed E-state index contributed by atoms with van der Waals surface area (Å²) in [6.45, 7) is 6.25. The molecule has 0 radical (unpaired) electrons. The molecule has 0 bridgehead atoms. The number of nitrogens with one attached hydrogen (secondary N) is 1. The predicted molar refractivity (Wildman–Crippen MR) is 80.4 cm³/mol. The molecule has 1 aliphatic rings. The largest absolute Gasteiger partial charge is 0.372 e. The summed E-state index contributed by atoms with van der Waals surface area (Å²) in [4.78, 5) is 0. The molecule has 0 aromatic heterocycles. The molecule has 0 fully saturated rings. The van der Waals surface area contributed by atoms with Crippen molar-refractivity contribution in [3.63, 3.8) is 0 Å². The number of fused-ring (bicyclic) bond motifs is 1. The van der Waals surface area contributed by atoms with E-state index in [0.717, 1.165) is 13.2 Å². The van der Waals surface area contributed by atoms with Crippen molar-refractivity contribution in [2.24, 2.45) is 0 Å². The van der Waals surface area contributed by atoms with E-state index in [1.807, 2.05) is 0 Å². The quantitative estimate of drug-likeness (QED) is 0.753.